The smallest absolute Gasteiger partial charge is 0.301 e. The maximum absolute atomic E-state index is 15.1. The number of pyridine rings is 1. The van der Waals surface area contributed by atoms with Gasteiger partial charge in [0.2, 0.25) is 5.78 Å². The van der Waals surface area contributed by atoms with E-state index in [4.69, 9.17) is 0 Å². The number of benzene rings is 1. The third kappa shape index (κ3) is 4.30. The van der Waals surface area contributed by atoms with E-state index in [0.717, 1.165) is 35.2 Å². The van der Waals surface area contributed by atoms with Crippen molar-refractivity contribution in [3.8, 4) is 0 Å². The molecule has 32 heavy (non-hydrogen) atoms. The molecule has 0 saturated carbocycles. The summed E-state index contributed by atoms with van der Waals surface area (Å²) in [5, 5.41) is 0.412. The van der Waals surface area contributed by atoms with Crippen LogP contribution in [0.5, 0.6) is 0 Å². The lowest BCUT2D eigenvalue weighted by atomic mass is 10.0. The summed E-state index contributed by atoms with van der Waals surface area (Å²) in [4.78, 5) is 22.3. The molecule has 0 radical (unpaired) electrons. The van der Waals surface area contributed by atoms with E-state index in [1.165, 1.54) is 13.2 Å². The number of aromatic amines is 1. The Labute approximate surface area is 185 Å². The van der Waals surface area contributed by atoms with Crippen molar-refractivity contribution in [3.05, 3.63) is 53.4 Å². The highest BCUT2D eigenvalue weighted by atomic mass is 32.2. The number of carbonyl (C=O) groups excluding carboxylic acids is 1. The van der Waals surface area contributed by atoms with Gasteiger partial charge in [-0.1, -0.05) is 6.92 Å². The molecule has 3 rings (SSSR count). The number of rotatable bonds is 9. The van der Waals surface area contributed by atoms with Crippen molar-refractivity contribution in [2.45, 2.75) is 20.8 Å². The third-order valence-corrected chi connectivity index (χ3v) is 6.86. The zero-order chi connectivity index (χ0) is 23.6. The second kappa shape index (κ2) is 9.21. The van der Waals surface area contributed by atoms with E-state index in [-0.39, 0.29) is 12.1 Å². The van der Waals surface area contributed by atoms with Crippen LogP contribution in [0.1, 0.15) is 36.7 Å². The number of hydrogen-bond acceptors (Lipinski definition) is 5. The summed E-state index contributed by atoms with van der Waals surface area (Å²) in [5.41, 5.74) is -0.173. The summed E-state index contributed by atoms with van der Waals surface area (Å²) in [6, 6.07) is 3.53. The third-order valence-electron chi connectivity index (χ3n) is 5.30. The molecule has 0 atom stereocenters. The zero-order valence-electron chi connectivity index (χ0n) is 18.2. The number of ketones is 1. The lowest BCUT2D eigenvalue weighted by Gasteiger charge is -2.20. The van der Waals surface area contributed by atoms with E-state index in [0.29, 0.717) is 11.0 Å². The summed E-state index contributed by atoms with van der Waals surface area (Å²) >= 11 is 0. The minimum atomic E-state index is -4.06. The number of nitrogens with one attached hydrogen (secondary N) is 2. The lowest BCUT2D eigenvalue weighted by Crippen LogP contribution is -2.32. The molecular weight excluding hydrogens is 440 g/mol. The summed E-state index contributed by atoms with van der Waals surface area (Å²) in [6.07, 6.45) is 2.99. The summed E-state index contributed by atoms with van der Waals surface area (Å²) in [5.74, 6) is -3.30. The molecule has 0 fully saturated rings. The van der Waals surface area contributed by atoms with Crippen LogP contribution >= 0.6 is 0 Å². The molecule has 172 valence electrons. The van der Waals surface area contributed by atoms with Crippen molar-refractivity contribution in [2.24, 2.45) is 0 Å². The van der Waals surface area contributed by atoms with Crippen molar-refractivity contribution < 1.29 is 22.0 Å². The van der Waals surface area contributed by atoms with Crippen LogP contribution in [-0.2, 0) is 10.2 Å². The monoisotopic (exact) mass is 465 g/mol. The molecule has 0 amide bonds. The highest BCUT2D eigenvalue weighted by Crippen LogP contribution is 2.29. The van der Waals surface area contributed by atoms with Crippen LogP contribution in [0, 0.1) is 11.6 Å². The second-order valence-electron chi connectivity index (χ2n) is 7.10. The molecule has 2 N–H and O–H groups in total. The standard InChI is InChI=1S/C21H25F2N5O3S/c1-5-27(4)32(30,31)26-17-9-8-16(22)18(19(17)23)20(29)15-12-25-21-14(15)10-13(11-24-21)28(6-2)7-3/h8-12,26H,5-7H2,1-4H3,(H,24,25). The van der Waals surface area contributed by atoms with Gasteiger partial charge in [-0.05, 0) is 32.0 Å². The Morgan fingerprint density at radius 2 is 1.84 bits per heavy atom. The first kappa shape index (κ1) is 23.6. The zero-order valence-corrected chi connectivity index (χ0v) is 19.1. The molecule has 2 heterocycles. The number of carbonyl (C=O) groups is 1. The van der Waals surface area contributed by atoms with Gasteiger partial charge in [0.05, 0.1) is 23.1 Å². The Balaban J connectivity index is 2.08. The predicted molar refractivity (Wildman–Crippen MR) is 120 cm³/mol. The van der Waals surface area contributed by atoms with Gasteiger partial charge in [0, 0.05) is 43.8 Å². The van der Waals surface area contributed by atoms with Crippen LogP contribution in [0.4, 0.5) is 20.2 Å². The number of anilines is 2. The van der Waals surface area contributed by atoms with Gasteiger partial charge in [-0.25, -0.2) is 13.8 Å². The fourth-order valence-electron chi connectivity index (χ4n) is 3.30. The molecule has 0 unspecified atom stereocenters. The molecular formula is C21H25F2N5O3S. The highest BCUT2D eigenvalue weighted by molar-refractivity contribution is 7.90. The van der Waals surface area contributed by atoms with Crippen LogP contribution in [-0.4, -0.2) is 55.2 Å². The van der Waals surface area contributed by atoms with Crippen LogP contribution in [0.3, 0.4) is 0 Å². The molecule has 0 aliphatic heterocycles. The van der Waals surface area contributed by atoms with Gasteiger partial charge >= 0.3 is 10.2 Å². The number of aromatic nitrogens is 2. The molecule has 0 bridgehead atoms. The van der Waals surface area contributed by atoms with Gasteiger partial charge in [-0.15, -0.1) is 0 Å². The van der Waals surface area contributed by atoms with Gasteiger partial charge in [-0.3, -0.25) is 9.52 Å². The predicted octanol–water partition coefficient (Wildman–Crippen LogP) is 3.53. The van der Waals surface area contributed by atoms with E-state index in [2.05, 4.69) is 14.7 Å². The highest BCUT2D eigenvalue weighted by Gasteiger charge is 2.27. The first-order valence-corrected chi connectivity index (χ1v) is 11.6. The fraction of sp³-hybridized carbons (Fsp3) is 0.333. The van der Waals surface area contributed by atoms with E-state index >= 15 is 4.39 Å². The molecule has 8 nitrogen and oxygen atoms in total. The van der Waals surface area contributed by atoms with Crippen molar-refractivity contribution in [1.82, 2.24) is 14.3 Å². The molecule has 1 aromatic carbocycles. The van der Waals surface area contributed by atoms with Crippen LogP contribution in [0.25, 0.3) is 11.0 Å². The van der Waals surface area contributed by atoms with Crippen molar-refractivity contribution in [3.63, 3.8) is 0 Å². The second-order valence-corrected chi connectivity index (χ2v) is 8.88. The molecule has 0 spiro atoms. The Kier molecular flexibility index (Phi) is 6.79. The maximum Gasteiger partial charge on any atom is 0.301 e. The van der Waals surface area contributed by atoms with Crippen LogP contribution in [0.2, 0.25) is 0 Å². The summed E-state index contributed by atoms with van der Waals surface area (Å²) < 4.78 is 57.3. The van der Waals surface area contributed by atoms with E-state index in [9.17, 15) is 17.6 Å². The van der Waals surface area contributed by atoms with Crippen LogP contribution < -0.4 is 9.62 Å². The maximum atomic E-state index is 15.1. The Bertz CT molecular complexity index is 1260. The van der Waals surface area contributed by atoms with E-state index < -0.39 is 38.9 Å². The quantitative estimate of drug-likeness (QED) is 0.471. The van der Waals surface area contributed by atoms with Gasteiger partial charge in [0.25, 0.3) is 0 Å². The molecule has 0 saturated heterocycles. The topological polar surface area (TPSA) is 98.4 Å². The largest absolute Gasteiger partial charge is 0.371 e. The van der Waals surface area contributed by atoms with Crippen molar-refractivity contribution >= 4 is 38.4 Å². The Morgan fingerprint density at radius 1 is 1.16 bits per heavy atom. The fourth-order valence-corrected chi connectivity index (χ4v) is 4.23. The number of nitrogens with zero attached hydrogens (tertiary/aromatic N) is 3. The van der Waals surface area contributed by atoms with Gasteiger partial charge < -0.3 is 9.88 Å². The number of H-pyrrole nitrogens is 1. The molecule has 11 heteroatoms. The molecule has 0 aliphatic carbocycles. The summed E-state index contributed by atoms with van der Waals surface area (Å²) in [7, 11) is -2.76. The average Bonchev–Trinajstić information content (AvgIpc) is 3.19. The molecule has 0 aliphatic rings. The minimum Gasteiger partial charge on any atom is -0.371 e. The summed E-state index contributed by atoms with van der Waals surface area (Å²) in [6.45, 7) is 7.13. The average molecular weight is 466 g/mol. The van der Waals surface area contributed by atoms with Crippen LogP contribution in [0.15, 0.2) is 30.6 Å². The van der Waals surface area contributed by atoms with Gasteiger partial charge in [0.1, 0.15) is 11.5 Å². The van der Waals surface area contributed by atoms with Crippen molar-refractivity contribution in [2.75, 3.05) is 36.3 Å². The molecule has 2 aromatic heterocycles. The Hall–Kier alpha value is -3.05. The minimum absolute atomic E-state index is 0.0324. The van der Waals surface area contributed by atoms with Crippen molar-refractivity contribution in [1.29, 1.82) is 0 Å². The Morgan fingerprint density at radius 3 is 2.47 bits per heavy atom. The SMILES string of the molecule is CCN(CC)c1cnc2[nH]cc(C(=O)c3c(F)ccc(NS(=O)(=O)N(C)CC)c3F)c2c1. The first-order chi connectivity index (χ1) is 15.1. The lowest BCUT2D eigenvalue weighted by molar-refractivity contribution is 0.103. The number of halogens is 2. The normalized spacial score (nSPS) is 11.8. The number of hydrogen-bond donors (Lipinski definition) is 2. The van der Waals surface area contributed by atoms with Gasteiger partial charge in [0.15, 0.2) is 5.82 Å². The first-order valence-electron chi connectivity index (χ1n) is 10.1. The molecule has 3 aromatic rings. The van der Waals surface area contributed by atoms with Gasteiger partial charge in [-0.2, -0.15) is 12.7 Å². The van der Waals surface area contributed by atoms with E-state index in [1.54, 1.807) is 19.2 Å². The van der Waals surface area contributed by atoms with E-state index in [1.807, 2.05) is 18.7 Å². The number of fused-ring (bicyclic) bond motifs is 1.